The first-order valence-electron chi connectivity index (χ1n) is 12.9. The summed E-state index contributed by atoms with van der Waals surface area (Å²) >= 11 is 12.3. The molecule has 1 aliphatic carbocycles. The first-order chi connectivity index (χ1) is 16.8. The lowest BCUT2D eigenvalue weighted by Gasteiger charge is -2.35. The van der Waals surface area contributed by atoms with Gasteiger partial charge in [0.25, 0.3) is 0 Å². The number of carbonyl (C=O) groups is 3. The third kappa shape index (κ3) is 7.34. The van der Waals surface area contributed by atoms with Crippen LogP contribution in [0.3, 0.4) is 0 Å². The van der Waals surface area contributed by atoms with Crippen LogP contribution in [0.15, 0.2) is 18.2 Å². The van der Waals surface area contributed by atoms with Gasteiger partial charge in [-0.25, -0.2) is 0 Å². The minimum Gasteiger partial charge on any atom is -0.350 e. The highest BCUT2D eigenvalue weighted by Crippen LogP contribution is 2.29. The first-order valence-corrected chi connectivity index (χ1v) is 13.6. The molecule has 1 aliphatic heterocycles. The second-order valence-corrected chi connectivity index (χ2v) is 10.3. The summed E-state index contributed by atoms with van der Waals surface area (Å²) in [6.45, 7) is 6.12. The Labute approximate surface area is 218 Å². The Morgan fingerprint density at radius 2 is 1.77 bits per heavy atom. The quantitative estimate of drug-likeness (QED) is 0.484. The Bertz CT molecular complexity index is 887. The minimum absolute atomic E-state index is 0.00211. The van der Waals surface area contributed by atoms with Crippen molar-refractivity contribution < 1.29 is 14.4 Å². The lowest BCUT2D eigenvalue weighted by atomic mass is 9.83. The molecule has 2 N–H and O–H groups in total. The molecule has 194 valence electrons. The Kier molecular flexibility index (Phi) is 10.7. The van der Waals surface area contributed by atoms with E-state index < -0.39 is 12.1 Å². The van der Waals surface area contributed by atoms with Gasteiger partial charge in [-0.1, -0.05) is 42.5 Å². The molecule has 0 unspecified atom stereocenters. The second kappa shape index (κ2) is 13.5. The Morgan fingerprint density at radius 1 is 1.06 bits per heavy atom. The van der Waals surface area contributed by atoms with Gasteiger partial charge in [-0.15, -0.1) is 0 Å². The molecule has 3 rings (SSSR count). The Balaban J connectivity index is 1.68. The number of rotatable bonds is 10. The maximum atomic E-state index is 13.8. The van der Waals surface area contributed by atoms with Crippen molar-refractivity contribution in [3.8, 4) is 0 Å². The van der Waals surface area contributed by atoms with E-state index in [9.17, 15) is 14.4 Å². The predicted molar refractivity (Wildman–Crippen MR) is 139 cm³/mol. The van der Waals surface area contributed by atoms with Crippen molar-refractivity contribution in [2.24, 2.45) is 5.92 Å². The number of carbonyl (C=O) groups excluding carboxylic acids is 3. The number of amides is 3. The number of hydrogen-bond acceptors (Lipinski definition) is 4. The van der Waals surface area contributed by atoms with Crippen molar-refractivity contribution in [2.45, 2.75) is 77.4 Å². The van der Waals surface area contributed by atoms with Crippen LogP contribution in [0.1, 0.15) is 64.4 Å². The van der Waals surface area contributed by atoms with Crippen LogP contribution in [-0.2, 0) is 20.9 Å². The van der Waals surface area contributed by atoms with Gasteiger partial charge in [-0.3, -0.25) is 19.7 Å². The highest BCUT2D eigenvalue weighted by Gasteiger charge is 2.40. The molecule has 1 aromatic rings. The van der Waals surface area contributed by atoms with Crippen molar-refractivity contribution in [1.29, 1.82) is 0 Å². The molecule has 0 bridgehead atoms. The zero-order valence-corrected chi connectivity index (χ0v) is 22.3. The van der Waals surface area contributed by atoms with E-state index >= 15 is 0 Å². The van der Waals surface area contributed by atoms with Crippen molar-refractivity contribution in [1.82, 2.24) is 20.4 Å². The summed E-state index contributed by atoms with van der Waals surface area (Å²) < 4.78 is 0. The van der Waals surface area contributed by atoms with Crippen molar-refractivity contribution in [3.63, 3.8) is 0 Å². The second-order valence-electron chi connectivity index (χ2n) is 9.47. The Hall–Kier alpha value is -1.83. The molecule has 2 aliphatic rings. The minimum atomic E-state index is -0.521. The summed E-state index contributed by atoms with van der Waals surface area (Å²) in [5.41, 5.74) is 0.736. The monoisotopic (exact) mass is 524 g/mol. The molecule has 1 saturated carbocycles. The first kappa shape index (κ1) is 27.8. The maximum absolute atomic E-state index is 13.8. The molecule has 0 radical (unpaired) electrons. The summed E-state index contributed by atoms with van der Waals surface area (Å²) in [5.74, 6) is -0.0794. The van der Waals surface area contributed by atoms with Crippen LogP contribution in [0.2, 0.25) is 10.0 Å². The summed E-state index contributed by atoms with van der Waals surface area (Å²) in [6.07, 6.45) is 6.67. The normalized spacial score (nSPS) is 19.4. The molecular formula is C26H38Cl2N4O3. The summed E-state index contributed by atoms with van der Waals surface area (Å²) in [6, 6.07) is 4.17. The highest BCUT2D eigenvalue weighted by atomic mass is 35.5. The molecule has 0 aromatic heterocycles. The number of likely N-dealkylation sites (N-methyl/N-ethyl adjacent to an activating group) is 1. The van der Waals surface area contributed by atoms with E-state index in [4.69, 9.17) is 23.2 Å². The fourth-order valence-electron chi connectivity index (χ4n) is 5.27. The fourth-order valence-corrected chi connectivity index (χ4v) is 5.65. The van der Waals surface area contributed by atoms with Gasteiger partial charge in [0.2, 0.25) is 17.7 Å². The molecule has 1 heterocycles. The molecule has 7 nitrogen and oxygen atoms in total. The van der Waals surface area contributed by atoms with E-state index in [1.807, 2.05) is 13.8 Å². The highest BCUT2D eigenvalue weighted by molar-refractivity contribution is 6.33. The van der Waals surface area contributed by atoms with E-state index in [0.29, 0.717) is 36.1 Å². The Morgan fingerprint density at radius 3 is 2.46 bits per heavy atom. The number of hydrogen-bond donors (Lipinski definition) is 2. The largest absolute Gasteiger partial charge is 0.350 e. The molecular weight excluding hydrogens is 487 g/mol. The van der Waals surface area contributed by atoms with E-state index in [1.165, 1.54) is 6.42 Å². The smallest absolute Gasteiger partial charge is 0.243 e. The average molecular weight is 526 g/mol. The average Bonchev–Trinajstić information content (AvgIpc) is 3.36. The van der Waals surface area contributed by atoms with Crippen LogP contribution in [0.25, 0.3) is 0 Å². The van der Waals surface area contributed by atoms with Gasteiger partial charge in [-0.05, 0) is 69.2 Å². The molecule has 0 spiro atoms. The summed E-state index contributed by atoms with van der Waals surface area (Å²) in [4.78, 5) is 43.0. The van der Waals surface area contributed by atoms with Gasteiger partial charge in [-0.2, -0.15) is 0 Å². The van der Waals surface area contributed by atoms with Crippen molar-refractivity contribution >= 4 is 40.9 Å². The SMILES string of the molecule is CCN(CC)C(=O)CN[C@H](C(=O)N1CCC[C@H]1C(=O)NCc1cc(Cl)ccc1Cl)C1CCCCC1. The van der Waals surface area contributed by atoms with Crippen molar-refractivity contribution in [2.75, 3.05) is 26.2 Å². The van der Waals surface area contributed by atoms with E-state index in [-0.39, 0.29) is 36.7 Å². The summed E-state index contributed by atoms with van der Waals surface area (Å²) in [5, 5.41) is 7.32. The molecule has 2 atom stereocenters. The van der Waals surface area contributed by atoms with Crippen LogP contribution in [0, 0.1) is 5.92 Å². The number of nitrogens with zero attached hydrogens (tertiary/aromatic N) is 2. The van der Waals surface area contributed by atoms with Crippen LogP contribution < -0.4 is 10.6 Å². The van der Waals surface area contributed by atoms with Gasteiger partial charge in [0.15, 0.2) is 0 Å². The van der Waals surface area contributed by atoms with Crippen LogP contribution in [0.5, 0.6) is 0 Å². The van der Waals surface area contributed by atoms with Gasteiger partial charge in [0.05, 0.1) is 12.6 Å². The maximum Gasteiger partial charge on any atom is 0.243 e. The van der Waals surface area contributed by atoms with E-state index in [2.05, 4.69) is 10.6 Å². The third-order valence-electron chi connectivity index (χ3n) is 7.28. The van der Waals surface area contributed by atoms with Gasteiger partial charge >= 0.3 is 0 Å². The van der Waals surface area contributed by atoms with Crippen LogP contribution >= 0.6 is 23.2 Å². The standard InChI is InChI=1S/C26H38Cl2N4O3/c1-3-31(4-2)23(33)17-29-24(18-9-6-5-7-10-18)26(35)32-14-8-11-22(32)25(34)30-16-19-15-20(27)12-13-21(19)28/h12-13,15,18,22,24,29H,3-11,14,16-17H2,1-2H3,(H,30,34)/t22-,24-/m0/s1. The molecule has 1 saturated heterocycles. The topological polar surface area (TPSA) is 81.8 Å². The predicted octanol–water partition coefficient (Wildman–Crippen LogP) is 4.01. The molecule has 2 fully saturated rings. The lowest BCUT2D eigenvalue weighted by Crippen LogP contribution is -2.56. The zero-order chi connectivity index (χ0) is 25.4. The van der Waals surface area contributed by atoms with E-state index in [1.54, 1.807) is 28.0 Å². The van der Waals surface area contributed by atoms with E-state index in [0.717, 1.165) is 37.7 Å². The fraction of sp³-hybridized carbons (Fsp3) is 0.654. The van der Waals surface area contributed by atoms with Crippen LogP contribution in [-0.4, -0.2) is 65.8 Å². The molecule has 9 heteroatoms. The van der Waals surface area contributed by atoms with Gasteiger partial charge in [0, 0.05) is 36.2 Å². The lowest BCUT2D eigenvalue weighted by molar-refractivity contribution is -0.141. The molecule has 1 aromatic carbocycles. The summed E-state index contributed by atoms with van der Waals surface area (Å²) in [7, 11) is 0. The number of nitrogens with one attached hydrogen (secondary N) is 2. The zero-order valence-electron chi connectivity index (χ0n) is 20.8. The van der Waals surface area contributed by atoms with Crippen LogP contribution in [0.4, 0.5) is 0 Å². The molecule has 35 heavy (non-hydrogen) atoms. The number of halogens is 2. The van der Waals surface area contributed by atoms with Gasteiger partial charge in [0.1, 0.15) is 6.04 Å². The third-order valence-corrected chi connectivity index (χ3v) is 7.88. The number of benzene rings is 1. The van der Waals surface area contributed by atoms with Gasteiger partial charge < -0.3 is 15.1 Å². The van der Waals surface area contributed by atoms with Crippen molar-refractivity contribution in [3.05, 3.63) is 33.8 Å². The molecule has 3 amide bonds. The number of likely N-dealkylation sites (tertiary alicyclic amines) is 1.